The highest BCUT2D eigenvalue weighted by atomic mass is 127. The van der Waals surface area contributed by atoms with Crippen LogP contribution in [0.5, 0.6) is 5.75 Å². The predicted octanol–water partition coefficient (Wildman–Crippen LogP) is 3.78. The summed E-state index contributed by atoms with van der Waals surface area (Å²) < 4.78 is 0. The molecule has 1 unspecified atom stereocenters. The summed E-state index contributed by atoms with van der Waals surface area (Å²) in [6.07, 6.45) is 3.07. The summed E-state index contributed by atoms with van der Waals surface area (Å²) in [7, 11) is 0. The molecule has 3 N–H and O–H groups in total. The summed E-state index contributed by atoms with van der Waals surface area (Å²) in [5.41, 5.74) is 2.52. The topological polar surface area (TPSA) is 59.9 Å². The highest BCUT2D eigenvalue weighted by Gasteiger charge is 2.23. The van der Waals surface area contributed by atoms with Gasteiger partial charge in [0.25, 0.3) is 0 Å². The lowest BCUT2D eigenvalue weighted by Crippen LogP contribution is -2.44. The normalized spacial score (nSPS) is 16.5. The zero-order chi connectivity index (χ0) is 18.9. The van der Waals surface area contributed by atoms with E-state index in [-0.39, 0.29) is 24.0 Å². The Morgan fingerprint density at radius 2 is 1.89 bits per heavy atom. The molecule has 0 saturated carbocycles. The molecule has 0 aliphatic carbocycles. The zero-order valence-corrected chi connectivity index (χ0v) is 18.8. The SMILES string of the molecule is CCNC(=NCCCc1ccc(O)cc1)NC1CCN(c2ccccc2)C1.I. The van der Waals surface area contributed by atoms with Crippen molar-refractivity contribution in [2.45, 2.75) is 32.2 Å². The molecule has 28 heavy (non-hydrogen) atoms. The van der Waals surface area contributed by atoms with Crippen LogP contribution >= 0.6 is 24.0 Å². The quantitative estimate of drug-likeness (QED) is 0.238. The van der Waals surface area contributed by atoms with Crippen LogP contribution in [-0.2, 0) is 6.42 Å². The Bertz CT molecular complexity index is 721. The van der Waals surface area contributed by atoms with E-state index in [0.29, 0.717) is 11.8 Å². The van der Waals surface area contributed by atoms with Gasteiger partial charge < -0.3 is 20.6 Å². The lowest BCUT2D eigenvalue weighted by Gasteiger charge is -2.20. The van der Waals surface area contributed by atoms with Crippen LogP contribution in [0, 0.1) is 0 Å². The fourth-order valence-electron chi connectivity index (χ4n) is 3.40. The fourth-order valence-corrected chi connectivity index (χ4v) is 3.40. The number of guanidine groups is 1. The number of hydrogen-bond acceptors (Lipinski definition) is 3. The largest absolute Gasteiger partial charge is 0.508 e. The molecule has 5 nitrogen and oxygen atoms in total. The van der Waals surface area contributed by atoms with Crippen molar-refractivity contribution in [3.63, 3.8) is 0 Å². The smallest absolute Gasteiger partial charge is 0.191 e. The van der Waals surface area contributed by atoms with Crippen molar-refractivity contribution >= 4 is 35.6 Å². The third-order valence-electron chi connectivity index (χ3n) is 4.82. The summed E-state index contributed by atoms with van der Waals surface area (Å²) in [6.45, 7) is 5.81. The van der Waals surface area contributed by atoms with Crippen LogP contribution in [0.1, 0.15) is 25.3 Å². The molecule has 0 radical (unpaired) electrons. The van der Waals surface area contributed by atoms with Crippen molar-refractivity contribution in [2.75, 3.05) is 31.1 Å². The van der Waals surface area contributed by atoms with E-state index < -0.39 is 0 Å². The van der Waals surface area contributed by atoms with E-state index in [1.165, 1.54) is 11.3 Å². The minimum atomic E-state index is 0. The molecule has 1 heterocycles. The van der Waals surface area contributed by atoms with Crippen LogP contribution < -0.4 is 15.5 Å². The van der Waals surface area contributed by atoms with Crippen LogP contribution in [0.15, 0.2) is 59.6 Å². The molecule has 1 saturated heterocycles. The maximum Gasteiger partial charge on any atom is 0.191 e. The molecule has 1 aliphatic rings. The summed E-state index contributed by atoms with van der Waals surface area (Å²) in [6, 6.07) is 18.4. The second-order valence-corrected chi connectivity index (χ2v) is 6.94. The van der Waals surface area contributed by atoms with E-state index in [0.717, 1.165) is 51.4 Å². The first-order valence-corrected chi connectivity index (χ1v) is 9.87. The molecule has 0 bridgehead atoms. The molecule has 6 heteroatoms. The number of benzene rings is 2. The monoisotopic (exact) mass is 494 g/mol. The first-order valence-electron chi connectivity index (χ1n) is 9.87. The standard InChI is InChI=1S/C22H30N4O.HI/c1-2-23-22(24-15-6-7-18-10-12-21(27)13-11-18)25-19-14-16-26(17-19)20-8-4-3-5-9-20;/h3-5,8-13,19,27H,2,6-7,14-17H2,1H3,(H2,23,24,25);1H. The molecule has 3 rings (SSSR count). The first-order chi connectivity index (χ1) is 13.2. The van der Waals surface area contributed by atoms with Crippen LogP contribution in [0.2, 0.25) is 0 Å². The van der Waals surface area contributed by atoms with E-state index in [2.05, 4.69) is 52.8 Å². The lowest BCUT2D eigenvalue weighted by atomic mass is 10.1. The van der Waals surface area contributed by atoms with E-state index in [1.807, 2.05) is 12.1 Å². The van der Waals surface area contributed by atoms with Gasteiger partial charge in [0.05, 0.1) is 0 Å². The van der Waals surface area contributed by atoms with E-state index in [1.54, 1.807) is 12.1 Å². The number of aryl methyl sites for hydroxylation is 1. The molecular weight excluding hydrogens is 463 g/mol. The van der Waals surface area contributed by atoms with Gasteiger partial charge in [-0.15, -0.1) is 24.0 Å². The van der Waals surface area contributed by atoms with Crippen molar-refractivity contribution in [1.82, 2.24) is 10.6 Å². The molecule has 2 aromatic carbocycles. The Hall–Kier alpha value is -1.96. The number of para-hydroxylation sites is 1. The minimum absolute atomic E-state index is 0. The van der Waals surface area contributed by atoms with Crippen molar-refractivity contribution in [1.29, 1.82) is 0 Å². The Morgan fingerprint density at radius 1 is 1.14 bits per heavy atom. The molecule has 1 fully saturated rings. The molecule has 0 aromatic heterocycles. The van der Waals surface area contributed by atoms with Gasteiger partial charge in [-0.2, -0.15) is 0 Å². The number of nitrogens with zero attached hydrogens (tertiary/aromatic N) is 2. The summed E-state index contributed by atoms with van der Waals surface area (Å²) in [4.78, 5) is 7.16. The Morgan fingerprint density at radius 3 is 2.61 bits per heavy atom. The van der Waals surface area contributed by atoms with E-state index in [4.69, 9.17) is 4.99 Å². The van der Waals surface area contributed by atoms with Crippen molar-refractivity contribution < 1.29 is 5.11 Å². The van der Waals surface area contributed by atoms with Crippen LogP contribution in [0.3, 0.4) is 0 Å². The number of phenolic OH excluding ortho intramolecular Hbond substituents is 1. The number of aromatic hydroxyl groups is 1. The summed E-state index contributed by atoms with van der Waals surface area (Å²) >= 11 is 0. The lowest BCUT2D eigenvalue weighted by molar-refractivity contribution is 0.475. The zero-order valence-electron chi connectivity index (χ0n) is 16.5. The van der Waals surface area contributed by atoms with E-state index >= 15 is 0 Å². The van der Waals surface area contributed by atoms with Gasteiger partial charge in [0.15, 0.2) is 5.96 Å². The molecule has 1 aliphatic heterocycles. The average Bonchev–Trinajstić information content (AvgIpc) is 3.16. The number of anilines is 1. The molecule has 2 aromatic rings. The second-order valence-electron chi connectivity index (χ2n) is 6.94. The fraction of sp³-hybridized carbons (Fsp3) is 0.409. The maximum atomic E-state index is 9.35. The predicted molar refractivity (Wildman–Crippen MR) is 128 cm³/mol. The van der Waals surface area contributed by atoms with Gasteiger partial charge in [-0.1, -0.05) is 30.3 Å². The number of phenols is 1. The third kappa shape index (κ3) is 6.89. The van der Waals surface area contributed by atoms with Crippen molar-refractivity contribution in [3.8, 4) is 5.75 Å². The molecular formula is C22H31IN4O. The van der Waals surface area contributed by atoms with Crippen molar-refractivity contribution in [3.05, 3.63) is 60.2 Å². The number of rotatable bonds is 7. The van der Waals surface area contributed by atoms with Crippen LogP contribution in [0.25, 0.3) is 0 Å². The van der Waals surface area contributed by atoms with Crippen LogP contribution in [0.4, 0.5) is 5.69 Å². The van der Waals surface area contributed by atoms with Gasteiger partial charge in [0.1, 0.15) is 5.75 Å². The Kier molecular flexibility index (Phi) is 9.40. The molecule has 0 amide bonds. The third-order valence-corrected chi connectivity index (χ3v) is 4.82. The van der Waals surface area contributed by atoms with Gasteiger partial charge >= 0.3 is 0 Å². The highest BCUT2D eigenvalue weighted by molar-refractivity contribution is 14.0. The van der Waals surface area contributed by atoms with Gasteiger partial charge in [-0.05, 0) is 56.0 Å². The summed E-state index contributed by atoms with van der Waals surface area (Å²) in [5.74, 6) is 1.22. The number of aliphatic imine (C=N–C) groups is 1. The Balaban J connectivity index is 0.00000280. The number of nitrogens with one attached hydrogen (secondary N) is 2. The van der Waals surface area contributed by atoms with Crippen molar-refractivity contribution in [2.24, 2.45) is 4.99 Å². The van der Waals surface area contributed by atoms with Gasteiger partial charge in [0.2, 0.25) is 0 Å². The number of hydrogen-bond donors (Lipinski definition) is 3. The number of halogens is 1. The Labute approximate surface area is 185 Å². The summed E-state index contributed by atoms with van der Waals surface area (Å²) in [5, 5.41) is 16.3. The van der Waals surface area contributed by atoms with Gasteiger partial charge in [-0.3, -0.25) is 4.99 Å². The molecule has 0 spiro atoms. The maximum absolute atomic E-state index is 9.35. The van der Waals surface area contributed by atoms with Gasteiger partial charge in [0, 0.05) is 37.9 Å². The molecule has 152 valence electrons. The first kappa shape index (κ1) is 22.3. The highest BCUT2D eigenvalue weighted by Crippen LogP contribution is 2.19. The average molecular weight is 494 g/mol. The van der Waals surface area contributed by atoms with E-state index in [9.17, 15) is 5.11 Å². The minimum Gasteiger partial charge on any atom is -0.508 e. The van der Waals surface area contributed by atoms with Gasteiger partial charge in [-0.25, -0.2) is 0 Å². The second kappa shape index (κ2) is 11.8. The molecule has 1 atom stereocenters. The van der Waals surface area contributed by atoms with Crippen LogP contribution in [-0.4, -0.2) is 43.3 Å².